The first-order valence-corrected chi connectivity index (χ1v) is 5.80. The smallest absolute Gasteiger partial charge is 0.0602 e. The van der Waals surface area contributed by atoms with Gasteiger partial charge in [-0.05, 0) is 30.2 Å². The van der Waals surface area contributed by atoms with Gasteiger partial charge in [0, 0.05) is 23.2 Å². The molecule has 1 aliphatic heterocycles. The van der Waals surface area contributed by atoms with Crippen molar-refractivity contribution in [1.29, 1.82) is 0 Å². The van der Waals surface area contributed by atoms with Crippen molar-refractivity contribution in [3.8, 4) is 0 Å². The predicted molar refractivity (Wildman–Crippen MR) is 65.1 cm³/mol. The number of hydrogen-bond acceptors (Lipinski definition) is 3. The third-order valence-electron chi connectivity index (χ3n) is 3.05. The molecule has 2 atom stereocenters. The van der Waals surface area contributed by atoms with Gasteiger partial charge in [0.15, 0.2) is 0 Å². The molecule has 0 fully saturated rings. The zero-order valence-corrected chi connectivity index (χ0v) is 10.2. The first kappa shape index (κ1) is 10.9. The number of nitrogens with two attached hydrogens (primary N) is 1. The van der Waals surface area contributed by atoms with Crippen molar-refractivity contribution in [2.75, 3.05) is 18.6 Å². The lowest BCUT2D eigenvalue weighted by Crippen LogP contribution is -2.46. The maximum Gasteiger partial charge on any atom is 0.0602 e. The molecule has 3 nitrogen and oxygen atoms in total. The van der Waals surface area contributed by atoms with Gasteiger partial charge < -0.3 is 15.7 Å². The summed E-state index contributed by atoms with van der Waals surface area (Å²) >= 11 is 3.46. The van der Waals surface area contributed by atoms with Gasteiger partial charge in [-0.2, -0.15) is 0 Å². The molecule has 2 rings (SSSR count). The second-order valence-electron chi connectivity index (χ2n) is 4.00. The quantitative estimate of drug-likeness (QED) is 0.847. The number of halogens is 1. The summed E-state index contributed by atoms with van der Waals surface area (Å²) in [7, 11) is 2.03. The number of nitrogens with zero attached hydrogens (tertiary/aromatic N) is 1. The van der Waals surface area contributed by atoms with Gasteiger partial charge in [-0.1, -0.05) is 15.9 Å². The third-order valence-corrected chi connectivity index (χ3v) is 3.55. The van der Waals surface area contributed by atoms with E-state index in [9.17, 15) is 0 Å². The molecule has 0 saturated carbocycles. The molecule has 0 aliphatic carbocycles. The fourth-order valence-corrected chi connectivity index (χ4v) is 2.57. The second kappa shape index (κ2) is 4.12. The monoisotopic (exact) mass is 270 g/mol. The van der Waals surface area contributed by atoms with E-state index in [2.05, 4.69) is 33.0 Å². The molecule has 0 spiro atoms. The van der Waals surface area contributed by atoms with E-state index in [-0.39, 0.29) is 18.7 Å². The Morgan fingerprint density at radius 1 is 1.67 bits per heavy atom. The average molecular weight is 271 g/mol. The molecule has 1 aromatic rings. The van der Waals surface area contributed by atoms with Crippen LogP contribution in [0, 0.1) is 0 Å². The molecule has 0 saturated heterocycles. The molecule has 3 N–H and O–H groups in total. The standard InChI is InChI=1S/C11H15BrN2O/c1-14-10-3-2-8(12)4-7(10)5-11(14)9(13)6-15/h2-4,9,11,15H,5-6,13H2,1H3. The molecule has 4 heteroatoms. The highest BCUT2D eigenvalue weighted by Gasteiger charge is 2.30. The van der Waals surface area contributed by atoms with Crippen LogP contribution in [0.4, 0.5) is 5.69 Å². The highest BCUT2D eigenvalue weighted by atomic mass is 79.9. The van der Waals surface area contributed by atoms with Gasteiger partial charge in [-0.25, -0.2) is 0 Å². The van der Waals surface area contributed by atoms with E-state index in [4.69, 9.17) is 10.8 Å². The van der Waals surface area contributed by atoms with Crippen molar-refractivity contribution in [2.24, 2.45) is 5.73 Å². The van der Waals surface area contributed by atoms with Crippen LogP contribution in [0.1, 0.15) is 5.56 Å². The molecule has 0 radical (unpaired) electrons. The van der Waals surface area contributed by atoms with Crippen LogP contribution >= 0.6 is 15.9 Å². The molecule has 0 aromatic heterocycles. The van der Waals surface area contributed by atoms with Gasteiger partial charge in [0.25, 0.3) is 0 Å². The number of likely N-dealkylation sites (N-methyl/N-ethyl adjacent to an activating group) is 1. The van der Waals surface area contributed by atoms with Gasteiger partial charge in [0.1, 0.15) is 0 Å². The van der Waals surface area contributed by atoms with E-state index in [0.29, 0.717) is 0 Å². The van der Waals surface area contributed by atoms with Crippen molar-refractivity contribution in [2.45, 2.75) is 18.5 Å². The number of rotatable bonds is 2. The Kier molecular flexibility index (Phi) is 3.00. The van der Waals surface area contributed by atoms with Crippen LogP contribution in [0.3, 0.4) is 0 Å². The fraction of sp³-hybridized carbons (Fsp3) is 0.455. The lowest BCUT2D eigenvalue weighted by Gasteiger charge is -2.26. The summed E-state index contributed by atoms with van der Waals surface area (Å²) in [6.45, 7) is 0.0319. The van der Waals surface area contributed by atoms with Gasteiger partial charge in [-0.15, -0.1) is 0 Å². The maximum absolute atomic E-state index is 9.09. The lowest BCUT2D eigenvalue weighted by atomic mass is 10.0. The average Bonchev–Trinajstić information content (AvgIpc) is 2.54. The largest absolute Gasteiger partial charge is 0.395 e. The molecule has 1 heterocycles. The Morgan fingerprint density at radius 3 is 3.07 bits per heavy atom. The van der Waals surface area contributed by atoms with Crippen LogP contribution < -0.4 is 10.6 Å². The molecule has 0 amide bonds. The normalized spacial score (nSPS) is 21.6. The van der Waals surface area contributed by atoms with E-state index in [0.717, 1.165) is 10.9 Å². The summed E-state index contributed by atoms with van der Waals surface area (Å²) in [5.74, 6) is 0. The zero-order valence-electron chi connectivity index (χ0n) is 8.65. The van der Waals surface area contributed by atoms with Crippen molar-refractivity contribution in [1.82, 2.24) is 0 Å². The number of aliphatic hydroxyl groups excluding tert-OH is 1. The Balaban J connectivity index is 2.28. The van der Waals surface area contributed by atoms with Gasteiger partial charge >= 0.3 is 0 Å². The number of fused-ring (bicyclic) bond motifs is 1. The van der Waals surface area contributed by atoms with E-state index in [1.165, 1.54) is 11.3 Å². The Hall–Kier alpha value is -0.580. The second-order valence-corrected chi connectivity index (χ2v) is 4.92. The van der Waals surface area contributed by atoms with Crippen molar-refractivity contribution >= 4 is 21.6 Å². The molecule has 2 unspecified atom stereocenters. The molecule has 1 aromatic carbocycles. The molecule has 82 valence electrons. The van der Waals surface area contributed by atoms with E-state index in [1.807, 2.05) is 13.1 Å². The minimum atomic E-state index is -0.179. The number of anilines is 1. The summed E-state index contributed by atoms with van der Waals surface area (Å²) in [6, 6.07) is 6.27. The van der Waals surface area contributed by atoms with Gasteiger partial charge in [0.05, 0.1) is 12.6 Å². The number of hydrogen-bond donors (Lipinski definition) is 2. The minimum Gasteiger partial charge on any atom is -0.395 e. The minimum absolute atomic E-state index is 0.0319. The lowest BCUT2D eigenvalue weighted by molar-refractivity contribution is 0.249. The van der Waals surface area contributed by atoms with Crippen LogP contribution in [-0.4, -0.2) is 30.8 Å². The van der Waals surface area contributed by atoms with E-state index in [1.54, 1.807) is 0 Å². The third kappa shape index (κ3) is 1.89. The fourth-order valence-electron chi connectivity index (χ4n) is 2.16. The number of benzene rings is 1. The van der Waals surface area contributed by atoms with Crippen LogP contribution in [0.25, 0.3) is 0 Å². The summed E-state index contributed by atoms with van der Waals surface area (Å²) in [5, 5.41) is 9.09. The van der Waals surface area contributed by atoms with Crippen LogP contribution in [0.15, 0.2) is 22.7 Å². The van der Waals surface area contributed by atoms with Crippen molar-refractivity contribution < 1.29 is 5.11 Å². The van der Waals surface area contributed by atoms with Gasteiger partial charge in [-0.3, -0.25) is 0 Å². The summed E-state index contributed by atoms with van der Waals surface area (Å²) < 4.78 is 1.09. The van der Waals surface area contributed by atoms with E-state index >= 15 is 0 Å². The Labute approximate surface area is 98.0 Å². The Morgan fingerprint density at radius 2 is 2.40 bits per heavy atom. The summed E-state index contributed by atoms with van der Waals surface area (Å²) in [6.07, 6.45) is 0.910. The zero-order chi connectivity index (χ0) is 11.0. The molecule has 0 bridgehead atoms. The predicted octanol–water partition coefficient (Wildman–Crippen LogP) is 1.13. The molecule has 15 heavy (non-hydrogen) atoms. The highest BCUT2D eigenvalue weighted by molar-refractivity contribution is 9.10. The van der Waals surface area contributed by atoms with Crippen LogP contribution in [0.5, 0.6) is 0 Å². The Bertz CT molecular complexity index is 370. The van der Waals surface area contributed by atoms with Crippen molar-refractivity contribution in [3.63, 3.8) is 0 Å². The maximum atomic E-state index is 9.09. The van der Waals surface area contributed by atoms with Crippen molar-refractivity contribution in [3.05, 3.63) is 28.2 Å². The molecular formula is C11H15BrN2O. The van der Waals surface area contributed by atoms with Crippen LogP contribution in [0.2, 0.25) is 0 Å². The first-order chi connectivity index (χ1) is 7.13. The summed E-state index contributed by atoms with van der Waals surface area (Å²) in [4.78, 5) is 2.16. The van der Waals surface area contributed by atoms with E-state index < -0.39 is 0 Å². The highest BCUT2D eigenvalue weighted by Crippen LogP contribution is 2.33. The number of aliphatic hydroxyl groups is 1. The van der Waals surface area contributed by atoms with Crippen LogP contribution in [-0.2, 0) is 6.42 Å². The molecular weight excluding hydrogens is 256 g/mol. The topological polar surface area (TPSA) is 49.5 Å². The molecule has 1 aliphatic rings. The SMILES string of the molecule is CN1c2ccc(Br)cc2CC1C(N)CO. The summed E-state index contributed by atoms with van der Waals surface area (Å²) in [5.41, 5.74) is 8.39. The first-order valence-electron chi connectivity index (χ1n) is 5.01. The van der Waals surface area contributed by atoms with Gasteiger partial charge in [0.2, 0.25) is 0 Å².